The van der Waals surface area contributed by atoms with E-state index < -0.39 is 0 Å². The maximum Gasteiger partial charge on any atom is 0.287 e. The average molecular weight is 295 g/mol. The van der Waals surface area contributed by atoms with Gasteiger partial charge in [-0.25, -0.2) is 9.55 Å². The third-order valence-electron chi connectivity index (χ3n) is 2.78. The van der Waals surface area contributed by atoms with Crippen LogP contribution in [-0.2, 0) is 7.05 Å². The van der Waals surface area contributed by atoms with Gasteiger partial charge in [-0.3, -0.25) is 4.79 Å². The monoisotopic (exact) mass is 294 g/mol. The molecule has 1 aromatic carbocycles. The van der Waals surface area contributed by atoms with Gasteiger partial charge in [-0.2, -0.15) is 4.98 Å². The molecule has 0 amide bonds. The highest BCUT2D eigenvalue weighted by Gasteiger charge is 2.14. The van der Waals surface area contributed by atoms with Crippen LogP contribution in [0.3, 0.4) is 0 Å². The highest BCUT2D eigenvalue weighted by molar-refractivity contribution is 6.30. The van der Waals surface area contributed by atoms with Gasteiger partial charge in [-0.05, 0) is 35.9 Å². The maximum absolute atomic E-state index is 12.4. The van der Waals surface area contributed by atoms with E-state index >= 15 is 0 Å². The first kappa shape index (κ1) is 12.2. The first-order chi connectivity index (χ1) is 9.08. The van der Waals surface area contributed by atoms with E-state index in [2.05, 4.69) is 9.97 Å². The van der Waals surface area contributed by atoms with Gasteiger partial charge in [0.25, 0.3) is 5.56 Å². The molecule has 0 fully saturated rings. The number of aromatic nitrogens is 4. The highest BCUT2D eigenvalue weighted by Crippen LogP contribution is 2.17. The third-order valence-corrected chi connectivity index (χ3v) is 3.28. The fourth-order valence-electron chi connectivity index (χ4n) is 1.85. The molecule has 3 aromatic rings. The molecule has 2 aromatic heterocycles. The van der Waals surface area contributed by atoms with Crippen molar-refractivity contribution in [1.29, 1.82) is 0 Å². The summed E-state index contributed by atoms with van der Waals surface area (Å²) in [6.07, 6.45) is 1.53. The van der Waals surface area contributed by atoms with Gasteiger partial charge in [0.1, 0.15) is 0 Å². The van der Waals surface area contributed by atoms with Gasteiger partial charge in [0.2, 0.25) is 5.28 Å². The van der Waals surface area contributed by atoms with Crippen LogP contribution in [0, 0.1) is 0 Å². The second kappa shape index (κ2) is 4.36. The number of rotatable bonds is 1. The van der Waals surface area contributed by atoms with Crippen LogP contribution in [0.2, 0.25) is 10.3 Å². The Bertz CT molecular complexity index is 820. The Morgan fingerprint density at radius 1 is 1.16 bits per heavy atom. The Balaban J connectivity index is 2.35. The molecule has 3 rings (SSSR count). The van der Waals surface area contributed by atoms with Crippen molar-refractivity contribution in [1.82, 2.24) is 19.1 Å². The van der Waals surface area contributed by atoms with E-state index in [1.54, 1.807) is 35.9 Å². The summed E-state index contributed by atoms with van der Waals surface area (Å²) in [4.78, 5) is 20.6. The molecule has 7 heteroatoms. The molecule has 96 valence electrons. The number of hydrogen-bond donors (Lipinski definition) is 0. The summed E-state index contributed by atoms with van der Waals surface area (Å²) in [5.41, 5.74) is 1.03. The fraction of sp³-hybridized carbons (Fsp3) is 0.0833. The average Bonchev–Trinajstić information content (AvgIpc) is 2.74. The van der Waals surface area contributed by atoms with Crippen molar-refractivity contribution in [2.24, 2.45) is 7.05 Å². The number of hydrogen-bond acceptors (Lipinski definition) is 3. The zero-order valence-electron chi connectivity index (χ0n) is 9.84. The molecule has 0 aliphatic rings. The number of fused-ring (bicyclic) bond motifs is 1. The van der Waals surface area contributed by atoms with Crippen molar-refractivity contribution in [3.63, 3.8) is 0 Å². The number of halogens is 2. The van der Waals surface area contributed by atoms with Crippen molar-refractivity contribution in [2.45, 2.75) is 0 Å². The standard InChI is InChI=1S/C12H8Cl2N4O/c1-17-6-15-9-10(17)16-12(14)18(11(9)19)8-4-2-7(13)3-5-8/h2-6H,1H3. The van der Waals surface area contributed by atoms with Gasteiger partial charge in [-0.1, -0.05) is 11.6 Å². The van der Waals surface area contributed by atoms with Crippen LogP contribution in [0.1, 0.15) is 0 Å². The van der Waals surface area contributed by atoms with Gasteiger partial charge >= 0.3 is 0 Å². The molecule has 0 radical (unpaired) electrons. The van der Waals surface area contributed by atoms with Crippen molar-refractivity contribution < 1.29 is 0 Å². The largest absolute Gasteiger partial charge is 0.318 e. The summed E-state index contributed by atoms with van der Waals surface area (Å²) in [5.74, 6) is 0. The second-order valence-corrected chi connectivity index (χ2v) is 4.80. The second-order valence-electron chi connectivity index (χ2n) is 4.03. The van der Waals surface area contributed by atoms with Gasteiger partial charge in [0.15, 0.2) is 11.2 Å². The summed E-state index contributed by atoms with van der Waals surface area (Å²) in [5, 5.41) is 0.670. The maximum atomic E-state index is 12.4. The first-order valence-corrected chi connectivity index (χ1v) is 6.19. The molecule has 19 heavy (non-hydrogen) atoms. The Morgan fingerprint density at radius 2 is 1.84 bits per heavy atom. The summed E-state index contributed by atoms with van der Waals surface area (Å²) in [6, 6.07) is 6.77. The Hall–Kier alpha value is -1.85. The Morgan fingerprint density at radius 3 is 2.53 bits per heavy atom. The summed E-state index contributed by atoms with van der Waals surface area (Å²) in [7, 11) is 1.75. The molecule has 0 bridgehead atoms. The minimum atomic E-state index is -0.307. The van der Waals surface area contributed by atoms with Crippen molar-refractivity contribution in [3.05, 3.63) is 51.3 Å². The van der Waals surface area contributed by atoms with E-state index in [9.17, 15) is 4.79 Å². The van der Waals surface area contributed by atoms with Gasteiger partial charge in [0.05, 0.1) is 12.0 Å². The lowest BCUT2D eigenvalue weighted by Crippen LogP contribution is -2.20. The number of nitrogens with zero attached hydrogens (tertiary/aromatic N) is 4. The molecule has 0 spiro atoms. The Labute approximate surface area is 118 Å². The summed E-state index contributed by atoms with van der Waals surface area (Å²) in [6.45, 7) is 0. The Kier molecular flexibility index (Phi) is 2.80. The predicted molar refractivity (Wildman–Crippen MR) is 74.1 cm³/mol. The zero-order valence-corrected chi connectivity index (χ0v) is 11.4. The molecule has 0 N–H and O–H groups in total. The van der Waals surface area contributed by atoms with E-state index in [4.69, 9.17) is 23.2 Å². The van der Waals surface area contributed by atoms with Crippen LogP contribution in [0.25, 0.3) is 16.9 Å². The zero-order chi connectivity index (χ0) is 13.6. The fourth-order valence-corrected chi connectivity index (χ4v) is 2.23. The van der Waals surface area contributed by atoms with E-state index in [-0.39, 0.29) is 16.4 Å². The SMILES string of the molecule is Cn1cnc2c(=O)n(-c3ccc(Cl)cc3)c(Cl)nc21. The van der Waals surface area contributed by atoms with E-state index in [1.165, 1.54) is 10.9 Å². The van der Waals surface area contributed by atoms with E-state index in [1.807, 2.05) is 0 Å². The lowest BCUT2D eigenvalue weighted by atomic mass is 10.3. The van der Waals surface area contributed by atoms with Crippen LogP contribution in [0.4, 0.5) is 0 Å². The number of aryl methyl sites for hydroxylation is 1. The molecule has 0 unspecified atom stereocenters. The van der Waals surface area contributed by atoms with Crippen LogP contribution in [-0.4, -0.2) is 19.1 Å². The lowest BCUT2D eigenvalue weighted by molar-refractivity contribution is 0.909. The van der Waals surface area contributed by atoms with E-state index in [0.29, 0.717) is 16.4 Å². The van der Waals surface area contributed by atoms with Gasteiger partial charge < -0.3 is 4.57 Å². The summed E-state index contributed by atoms with van der Waals surface area (Å²) < 4.78 is 2.95. The first-order valence-electron chi connectivity index (χ1n) is 5.43. The molecular weight excluding hydrogens is 287 g/mol. The molecule has 5 nitrogen and oxygen atoms in total. The number of benzene rings is 1. The van der Waals surface area contributed by atoms with Gasteiger partial charge in [-0.15, -0.1) is 0 Å². The molecule has 0 saturated heterocycles. The van der Waals surface area contributed by atoms with Crippen molar-refractivity contribution in [3.8, 4) is 5.69 Å². The normalized spacial score (nSPS) is 11.1. The third kappa shape index (κ3) is 1.91. The highest BCUT2D eigenvalue weighted by atomic mass is 35.5. The summed E-state index contributed by atoms with van der Waals surface area (Å²) >= 11 is 11.9. The molecular formula is C12H8Cl2N4O. The van der Waals surface area contributed by atoms with Crippen LogP contribution in [0.5, 0.6) is 0 Å². The molecule has 0 saturated carbocycles. The van der Waals surface area contributed by atoms with Crippen LogP contribution >= 0.6 is 23.2 Å². The van der Waals surface area contributed by atoms with E-state index in [0.717, 1.165) is 0 Å². The number of imidazole rings is 1. The molecule has 0 atom stereocenters. The quantitative estimate of drug-likeness (QED) is 0.648. The predicted octanol–water partition coefficient (Wildman–Crippen LogP) is 2.43. The topological polar surface area (TPSA) is 52.7 Å². The minimum Gasteiger partial charge on any atom is -0.318 e. The minimum absolute atomic E-state index is 0.0865. The lowest BCUT2D eigenvalue weighted by Gasteiger charge is -2.07. The van der Waals surface area contributed by atoms with Crippen molar-refractivity contribution >= 4 is 34.4 Å². The molecule has 0 aliphatic heterocycles. The molecule has 0 aliphatic carbocycles. The van der Waals surface area contributed by atoms with Crippen LogP contribution < -0.4 is 5.56 Å². The van der Waals surface area contributed by atoms with Crippen LogP contribution in [0.15, 0.2) is 35.4 Å². The smallest absolute Gasteiger partial charge is 0.287 e. The van der Waals surface area contributed by atoms with Crippen molar-refractivity contribution in [2.75, 3.05) is 0 Å². The molecule has 2 heterocycles. The van der Waals surface area contributed by atoms with Gasteiger partial charge in [0, 0.05) is 12.1 Å².